The first kappa shape index (κ1) is 12.7. The van der Waals surface area contributed by atoms with Gasteiger partial charge in [-0.1, -0.05) is 18.2 Å². The minimum Gasteiger partial charge on any atom is -0.309 e. The van der Waals surface area contributed by atoms with Crippen LogP contribution in [0.3, 0.4) is 0 Å². The Balaban J connectivity index is 2.18. The van der Waals surface area contributed by atoms with Gasteiger partial charge in [0.2, 0.25) is 0 Å². The van der Waals surface area contributed by atoms with Crippen molar-refractivity contribution >= 4 is 0 Å². The van der Waals surface area contributed by atoms with Gasteiger partial charge in [-0.3, -0.25) is 4.98 Å². The van der Waals surface area contributed by atoms with Crippen molar-refractivity contribution in [3.05, 3.63) is 42.0 Å². The van der Waals surface area contributed by atoms with Gasteiger partial charge in [-0.25, -0.2) is 4.68 Å². The maximum atomic E-state index is 4.38. The minimum absolute atomic E-state index is 0.208. The van der Waals surface area contributed by atoms with Crippen LogP contribution in [0.5, 0.6) is 0 Å². The highest BCUT2D eigenvalue weighted by molar-refractivity contribution is 5.11. The first-order chi connectivity index (χ1) is 8.85. The number of pyridine rings is 1. The van der Waals surface area contributed by atoms with Gasteiger partial charge < -0.3 is 5.32 Å². The van der Waals surface area contributed by atoms with Crippen LogP contribution in [0.4, 0.5) is 0 Å². The third-order valence-corrected chi connectivity index (χ3v) is 2.89. The van der Waals surface area contributed by atoms with Crippen molar-refractivity contribution in [3.8, 4) is 0 Å². The van der Waals surface area contributed by atoms with Crippen LogP contribution < -0.4 is 5.32 Å². The number of likely N-dealkylation sites (N-methyl/N-ethyl adjacent to an activating group) is 1. The summed E-state index contributed by atoms with van der Waals surface area (Å²) in [4.78, 5) is 4.38. The SMILES string of the molecule is CCNC(Cc1ccccn1)c1cnnn1CC. The fourth-order valence-corrected chi connectivity index (χ4v) is 2.04. The second-order valence-electron chi connectivity index (χ2n) is 4.11. The molecule has 0 aliphatic rings. The molecule has 0 aromatic carbocycles. The molecule has 0 bridgehead atoms. The summed E-state index contributed by atoms with van der Waals surface area (Å²) in [5, 5.41) is 11.5. The Bertz CT molecular complexity index is 465. The van der Waals surface area contributed by atoms with Crippen LogP contribution in [0.25, 0.3) is 0 Å². The van der Waals surface area contributed by atoms with Gasteiger partial charge in [0.25, 0.3) is 0 Å². The van der Waals surface area contributed by atoms with Gasteiger partial charge in [-0.2, -0.15) is 0 Å². The van der Waals surface area contributed by atoms with Crippen LogP contribution in [0.2, 0.25) is 0 Å². The second kappa shape index (κ2) is 6.26. The number of hydrogen-bond donors (Lipinski definition) is 1. The summed E-state index contributed by atoms with van der Waals surface area (Å²) >= 11 is 0. The van der Waals surface area contributed by atoms with Crippen LogP contribution in [-0.2, 0) is 13.0 Å². The van der Waals surface area contributed by atoms with E-state index in [1.165, 1.54) is 0 Å². The molecule has 2 heterocycles. The second-order valence-corrected chi connectivity index (χ2v) is 4.11. The highest BCUT2D eigenvalue weighted by Crippen LogP contribution is 2.16. The maximum absolute atomic E-state index is 4.38. The smallest absolute Gasteiger partial charge is 0.0760 e. The van der Waals surface area contributed by atoms with Crippen molar-refractivity contribution in [2.75, 3.05) is 6.54 Å². The van der Waals surface area contributed by atoms with Gasteiger partial charge in [0.15, 0.2) is 0 Å². The molecule has 1 atom stereocenters. The van der Waals surface area contributed by atoms with E-state index in [1.54, 1.807) is 0 Å². The van der Waals surface area contributed by atoms with Gasteiger partial charge in [0.05, 0.1) is 17.9 Å². The maximum Gasteiger partial charge on any atom is 0.0760 e. The highest BCUT2D eigenvalue weighted by Gasteiger charge is 2.16. The lowest BCUT2D eigenvalue weighted by molar-refractivity contribution is 0.483. The summed E-state index contributed by atoms with van der Waals surface area (Å²) in [6.45, 7) is 5.92. The van der Waals surface area contributed by atoms with Crippen molar-refractivity contribution < 1.29 is 0 Å². The predicted octanol–water partition coefficient (Wildman–Crippen LogP) is 1.59. The Hall–Kier alpha value is -1.75. The van der Waals surface area contributed by atoms with Gasteiger partial charge >= 0.3 is 0 Å². The van der Waals surface area contributed by atoms with Crippen molar-refractivity contribution in [1.82, 2.24) is 25.3 Å². The van der Waals surface area contributed by atoms with E-state index in [0.29, 0.717) is 0 Å². The van der Waals surface area contributed by atoms with Gasteiger partial charge in [-0.05, 0) is 25.6 Å². The van der Waals surface area contributed by atoms with Crippen molar-refractivity contribution in [2.24, 2.45) is 0 Å². The van der Waals surface area contributed by atoms with E-state index in [1.807, 2.05) is 35.3 Å². The lowest BCUT2D eigenvalue weighted by Gasteiger charge is -2.17. The molecular weight excluding hydrogens is 226 g/mol. The molecule has 0 saturated heterocycles. The molecule has 0 fully saturated rings. The number of nitrogens with one attached hydrogen (secondary N) is 1. The van der Waals surface area contributed by atoms with Gasteiger partial charge in [-0.15, -0.1) is 5.10 Å². The first-order valence-electron chi connectivity index (χ1n) is 6.36. The van der Waals surface area contributed by atoms with Gasteiger partial charge in [0, 0.05) is 24.9 Å². The monoisotopic (exact) mass is 245 g/mol. The van der Waals surface area contributed by atoms with Crippen LogP contribution in [0.15, 0.2) is 30.6 Å². The lowest BCUT2D eigenvalue weighted by Crippen LogP contribution is -2.26. The van der Waals surface area contributed by atoms with E-state index in [-0.39, 0.29) is 6.04 Å². The molecule has 1 unspecified atom stereocenters. The summed E-state index contributed by atoms with van der Waals surface area (Å²) in [6.07, 6.45) is 4.51. The molecule has 5 nitrogen and oxygen atoms in total. The topological polar surface area (TPSA) is 55.6 Å². The summed E-state index contributed by atoms with van der Waals surface area (Å²) in [5.41, 5.74) is 2.19. The third-order valence-electron chi connectivity index (χ3n) is 2.89. The molecule has 1 N–H and O–H groups in total. The summed E-state index contributed by atoms with van der Waals surface area (Å²) < 4.78 is 1.93. The normalized spacial score (nSPS) is 12.6. The van der Waals surface area contributed by atoms with E-state index < -0.39 is 0 Å². The molecular formula is C13H19N5. The first-order valence-corrected chi connectivity index (χ1v) is 6.36. The zero-order valence-electron chi connectivity index (χ0n) is 10.9. The molecule has 96 valence electrons. The van der Waals surface area contributed by atoms with E-state index in [4.69, 9.17) is 0 Å². The van der Waals surface area contributed by atoms with E-state index in [0.717, 1.165) is 30.9 Å². The van der Waals surface area contributed by atoms with Crippen molar-refractivity contribution in [1.29, 1.82) is 0 Å². The molecule has 0 aliphatic heterocycles. The number of rotatable bonds is 6. The Morgan fingerprint density at radius 2 is 2.22 bits per heavy atom. The van der Waals surface area contributed by atoms with Crippen LogP contribution in [0, 0.1) is 0 Å². The molecule has 0 aliphatic carbocycles. The van der Waals surface area contributed by atoms with Crippen LogP contribution >= 0.6 is 0 Å². The Morgan fingerprint density at radius 1 is 1.33 bits per heavy atom. The van der Waals surface area contributed by atoms with E-state index in [2.05, 4.69) is 34.5 Å². The predicted molar refractivity (Wildman–Crippen MR) is 70.1 cm³/mol. The number of aryl methyl sites for hydroxylation is 1. The third kappa shape index (κ3) is 2.92. The molecule has 0 spiro atoms. The quantitative estimate of drug-likeness (QED) is 0.839. The summed E-state index contributed by atoms with van der Waals surface area (Å²) in [6, 6.07) is 6.20. The molecule has 2 aromatic heterocycles. The zero-order valence-corrected chi connectivity index (χ0v) is 10.9. The van der Waals surface area contributed by atoms with E-state index in [9.17, 15) is 0 Å². The highest BCUT2D eigenvalue weighted by atomic mass is 15.4. The van der Waals surface area contributed by atoms with Crippen LogP contribution in [0.1, 0.15) is 31.3 Å². The average molecular weight is 245 g/mol. The molecule has 0 saturated carbocycles. The van der Waals surface area contributed by atoms with Crippen molar-refractivity contribution in [3.63, 3.8) is 0 Å². The Kier molecular flexibility index (Phi) is 4.41. The fourth-order valence-electron chi connectivity index (χ4n) is 2.04. The fraction of sp³-hybridized carbons (Fsp3) is 0.462. The molecule has 5 heteroatoms. The van der Waals surface area contributed by atoms with Crippen LogP contribution in [-0.4, -0.2) is 26.5 Å². The number of aromatic nitrogens is 4. The largest absolute Gasteiger partial charge is 0.309 e. The number of nitrogens with zero attached hydrogens (tertiary/aromatic N) is 4. The lowest BCUT2D eigenvalue weighted by atomic mass is 10.1. The minimum atomic E-state index is 0.208. The standard InChI is InChI=1S/C13H19N5/c1-3-14-12(9-11-7-5-6-8-15-11)13-10-16-17-18(13)4-2/h5-8,10,12,14H,3-4,9H2,1-2H3. The molecule has 2 rings (SSSR count). The molecule has 0 amide bonds. The molecule has 2 aromatic rings. The van der Waals surface area contributed by atoms with Gasteiger partial charge in [0.1, 0.15) is 0 Å². The number of hydrogen-bond acceptors (Lipinski definition) is 4. The summed E-state index contributed by atoms with van der Waals surface area (Å²) in [5.74, 6) is 0. The molecule has 0 radical (unpaired) electrons. The summed E-state index contributed by atoms with van der Waals surface area (Å²) in [7, 11) is 0. The van der Waals surface area contributed by atoms with Crippen molar-refractivity contribution in [2.45, 2.75) is 32.9 Å². The average Bonchev–Trinajstić information content (AvgIpc) is 2.87. The zero-order chi connectivity index (χ0) is 12.8. The molecule has 18 heavy (non-hydrogen) atoms. The van der Waals surface area contributed by atoms with E-state index >= 15 is 0 Å². The Labute approximate surface area is 107 Å². The Morgan fingerprint density at radius 3 is 2.89 bits per heavy atom.